The molecule has 3 atom stereocenters. The molecule has 1 saturated carbocycles. The molecule has 27 heavy (non-hydrogen) atoms. The molecule has 0 aromatic heterocycles. The molecule has 2 fully saturated rings. The highest BCUT2D eigenvalue weighted by molar-refractivity contribution is 6.70. The van der Waals surface area contributed by atoms with E-state index in [0.717, 1.165) is 18.5 Å². The predicted octanol–water partition coefficient (Wildman–Crippen LogP) is 6.16. The number of rotatable bonds is 7. The fourth-order valence-electron chi connectivity index (χ4n) is 4.75. The summed E-state index contributed by atoms with van der Waals surface area (Å²) in [5, 5.41) is 0. The summed E-state index contributed by atoms with van der Waals surface area (Å²) in [4.78, 5) is 0. The number of hydrogen-bond donors (Lipinski definition) is 0. The van der Waals surface area contributed by atoms with Gasteiger partial charge in [-0.1, -0.05) is 57.5 Å². The number of benzene rings is 1. The average molecular weight is 389 g/mol. The van der Waals surface area contributed by atoms with Crippen LogP contribution in [-0.4, -0.2) is 21.8 Å². The number of hydrogen-bond acceptors (Lipinski definition) is 3. The van der Waals surface area contributed by atoms with Crippen molar-refractivity contribution in [3.8, 4) is 0 Å². The molecule has 0 spiro atoms. The Bertz CT molecular complexity index is 636. The third-order valence-electron chi connectivity index (χ3n) is 6.70. The molecule has 2 aliphatic rings. The topological polar surface area (TPSA) is 27.7 Å². The lowest BCUT2D eigenvalue weighted by atomic mass is 9.64. The fourth-order valence-corrected chi connectivity index (χ4v) is 7.55. The van der Waals surface area contributed by atoms with Crippen molar-refractivity contribution in [1.82, 2.24) is 0 Å². The van der Waals surface area contributed by atoms with Crippen molar-refractivity contribution < 1.29 is 13.6 Å². The van der Waals surface area contributed by atoms with E-state index in [9.17, 15) is 0 Å². The van der Waals surface area contributed by atoms with E-state index in [1.807, 2.05) is 13.0 Å². The maximum atomic E-state index is 6.94. The molecule has 1 aromatic carbocycles. The van der Waals surface area contributed by atoms with Crippen molar-refractivity contribution in [1.29, 1.82) is 0 Å². The molecule has 0 unspecified atom stereocenters. The quantitative estimate of drug-likeness (QED) is 0.414. The summed E-state index contributed by atoms with van der Waals surface area (Å²) in [6.07, 6.45) is 7.03. The summed E-state index contributed by atoms with van der Waals surface area (Å²) in [7, 11) is -0.499. The molecule has 0 radical (unpaired) electrons. The van der Waals surface area contributed by atoms with Gasteiger partial charge in [0.2, 0.25) is 0 Å². The van der Waals surface area contributed by atoms with Crippen LogP contribution in [0.5, 0.6) is 0 Å². The second kappa shape index (κ2) is 8.40. The van der Waals surface area contributed by atoms with Crippen LogP contribution in [0, 0.1) is 11.8 Å². The van der Waals surface area contributed by atoms with E-state index in [1.54, 1.807) is 7.11 Å². The average Bonchev–Trinajstić information content (AvgIpc) is 2.64. The van der Waals surface area contributed by atoms with Gasteiger partial charge in [0.1, 0.15) is 0 Å². The lowest BCUT2D eigenvalue weighted by Gasteiger charge is -2.49. The minimum absolute atomic E-state index is 0.0933. The molecule has 1 aromatic rings. The molecule has 150 valence electrons. The SMILES string of the molecule is C/C=C(\OC)O[Si]1(O[C@@H]2C[C@H](C)CC[C@H]2C(C)(C)c2ccccc2)CCC1. The van der Waals surface area contributed by atoms with Gasteiger partial charge in [0.05, 0.1) is 13.2 Å². The van der Waals surface area contributed by atoms with E-state index >= 15 is 0 Å². The van der Waals surface area contributed by atoms with E-state index in [0.29, 0.717) is 17.8 Å². The Morgan fingerprint density at radius 2 is 1.85 bits per heavy atom. The highest BCUT2D eigenvalue weighted by atomic mass is 28.4. The first-order valence-electron chi connectivity index (χ1n) is 10.5. The normalized spacial score (nSPS) is 28.3. The van der Waals surface area contributed by atoms with Gasteiger partial charge in [0.15, 0.2) is 0 Å². The van der Waals surface area contributed by atoms with E-state index < -0.39 is 8.56 Å². The third kappa shape index (κ3) is 4.43. The molecule has 1 aliphatic carbocycles. The van der Waals surface area contributed by atoms with Crippen molar-refractivity contribution in [2.24, 2.45) is 11.8 Å². The van der Waals surface area contributed by atoms with Crippen LogP contribution in [0.25, 0.3) is 0 Å². The molecular weight excluding hydrogens is 352 g/mol. The van der Waals surface area contributed by atoms with Crippen LogP contribution in [0.2, 0.25) is 12.1 Å². The van der Waals surface area contributed by atoms with Crippen LogP contribution in [0.15, 0.2) is 42.4 Å². The summed E-state index contributed by atoms with van der Waals surface area (Å²) >= 11 is 0. The van der Waals surface area contributed by atoms with Gasteiger partial charge in [0, 0.05) is 12.1 Å². The van der Waals surface area contributed by atoms with E-state index in [4.69, 9.17) is 13.6 Å². The second-order valence-corrected chi connectivity index (χ2v) is 12.2. The van der Waals surface area contributed by atoms with Gasteiger partial charge in [0.25, 0.3) is 5.95 Å². The predicted molar refractivity (Wildman–Crippen MR) is 113 cm³/mol. The van der Waals surface area contributed by atoms with Crippen molar-refractivity contribution in [2.45, 2.75) is 77.0 Å². The fraction of sp³-hybridized carbons (Fsp3) is 0.652. The van der Waals surface area contributed by atoms with Gasteiger partial charge >= 0.3 is 8.56 Å². The number of allylic oxidation sites excluding steroid dienone is 1. The Kier molecular flexibility index (Phi) is 6.37. The Hall–Kier alpha value is -1.26. The smallest absolute Gasteiger partial charge is 0.401 e. The van der Waals surface area contributed by atoms with Crippen LogP contribution in [0.3, 0.4) is 0 Å². The van der Waals surface area contributed by atoms with Crippen LogP contribution >= 0.6 is 0 Å². The standard InChI is InChI=1S/C23H36O3Si/c1-6-22(24-5)26-27(15-10-16-27)25-21-17-18(2)13-14-20(21)23(3,4)19-11-8-7-9-12-19/h6-9,11-12,18,20-21H,10,13-17H2,1-5H3/b22-6+/t18-,20-,21-/m1/s1. The summed E-state index contributed by atoms with van der Waals surface area (Å²) in [6, 6.07) is 13.1. The van der Waals surface area contributed by atoms with E-state index in [-0.39, 0.29) is 11.5 Å². The molecular formula is C23H36O3Si. The van der Waals surface area contributed by atoms with Crippen LogP contribution in [0.1, 0.15) is 58.9 Å². The zero-order valence-electron chi connectivity index (χ0n) is 17.7. The summed E-state index contributed by atoms with van der Waals surface area (Å²) in [5.41, 5.74) is 1.50. The van der Waals surface area contributed by atoms with Gasteiger partial charge < -0.3 is 13.6 Å². The highest BCUT2D eigenvalue weighted by Gasteiger charge is 2.52. The van der Waals surface area contributed by atoms with Gasteiger partial charge in [-0.25, -0.2) is 0 Å². The van der Waals surface area contributed by atoms with Crippen molar-refractivity contribution in [3.63, 3.8) is 0 Å². The highest BCUT2D eigenvalue weighted by Crippen LogP contribution is 2.47. The number of ether oxygens (including phenoxy) is 1. The zero-order chi connectivity index (χ0) is 19.5. The Labute approximate surface area is 166 Å². The van der Waals surface area contributed by atoms with Gasteiger partial charge in [-0.3, -0.25) is 0 Å². The van der Waals surface area contributed by atoms with Crippen LogP contribution in [-0.2, 0) is 19.0 Å². The molecule has 3 nitrogen and oxygen atoms in total. The van der Waals surface area contributed by atoms with Gasteiger partial charge in [-0.05, 0) is 55.1 Å². The first kappa shape index (κ1) is 20.5. The maximum absolute atomic E-state index is 6.94. The Morgan fingerprint density at radius 1 is 1.15 bits per heavy atom. The van der Waals surface area contributed by atoms with Crippen LogP contribution < -0.4 is 0 Å². The molecule has 1 aliphatic heterocycles. The first-order chi connectivity index (χ1) is 12.9. The molecule has 0 bridgehead atoms. The minimum Gasteiger partial charge on any atom is -0.494 e. The molecule has 3 rings (SSSR count). The zero-order valence-corrected chi connectivity index (χ0v) is 18.7. The summed E-state index contributed by atoms with van der Waals surface area (Å²) in [5.74, 6) is 1.86. The Morgan fingerprint density at radius 3 is 2.41 bits per heavy atom. The maximum Gasteiger partial charge on any atom is 0.401 e. The van der Waals surface area contributed by atoms with Crippen molar-refractivity contribution in [2.75, 3.05) is 7.11 Å². The van der Waals surface area contributed by atoms with Crippen molar-refractivity contribution >= 4 is 8.56 Å². The van der Waals surface area contributed by atoms with Crippen LogP contribution in [0.4, 0.5) is 0 Å². The lowest BCUT2D eigenvalue weighted by molar-refractivity contribution is -0.00791. The molecule has 0 amide bonds. The van der Waals surface area contributed by atoms with E-state index in [2.05, 4.69) is 51.1 Å². The van der Waals surface area contributed by atoms with Crippen molar-refractivity contribution in [3.05, 3.63) is 47.9 Å². The van der Waals surface area contributed by atoms with Gasteiger partial charge in [-0.2, -0.15) is 0 Å². The minimum atomic E-state index is -2.18. The monoisotopic (exact) mass is 388 g/mol. The molecule has 0 N–H and O–H groups in total. The molecule has 1 heterocycles. The Balaban J connectivity index is 1.82. The molecule has 4 heteroatoms. The lowest BCUT2D eigenvalue weighted by Crippen LogP contribution is -2.54. The first-order valence-corrected chi connectivity index (χ1v) is 12.8. The van der Waals surface area contributed by atoms with Gasteiger partial charge in [-0.15, -0.1) is 0 Å². The molecule has 1 saturated heterocycles. The third-order valence-corrected chi connectivity index (χ3v) is 10.2. The summed E-state index contributed by atoms with van der Waals surface area (Å²) in [6.45, 7) is 9.11. The largest absolute Gasteiger partial charge is 0.494 e. The number of methoxy groups -OCH3 is 1. The van der Waals surface area contributed by atoms with E-state index in [1.165, 1.54) is 24.8 Å². The second-order valence-electron chi connectivity index (χ2n) is 8.95. The summed E-state index contributed by atoms with van der Waals surface area (Å²) < 4.78 is 18.7.